The number of amides is 2. The first kappa shape index (κ1) is 25.2. The lowest BCUT2D eigenvalue weighted by Crippen LogP contribution is -2.47. The van der Waals surface area contributed by atoms with E-state index in [2.05, 4.69) is 16.4 Å². The predicted octanol–water partition coefficient (Wildman–Crippen LogP) is 3.69. The molecule has 1 fully saturated rings. The Labute approximate surface area is 220 Å². The summed E-state index contributed by atoms with van der Waals surface area (Å²) in [6.07, 6.45) is 7.81. The maximum Gasteiger partial charge on any atom is 0.333 e. The highest BCUT2D eigenvalue weighted by atomic mass is 16.5. The summed E-state index contributed by atoms with van der Waals surface area (Å²) in [7, 11) is 0. The molecule has 1 aliphatic heterocycles. The van der Waals surface area contributed by atoms with Gasteiger partial charge in [-0.25, -0.2) is 9.36 Å². The van der Waals surface area contributed by atoms with Crippen LogP contribution in [0.4, 0.5) is 16.3 Å². The van der Waals surface area contributed by atoms with Crippen LogP contribution in [0.1, 0.15) is 35.0 Å². The van der Waals surface area contributed by atoms with Gasteiger partial charge in [-0.15, -0.1) is 0 Å². The second-order valence-electron chi connectivity index (χ2n) is 9.56. The highest BCUT2D eigenvalue weighted by Gasteiger charge is 2.34. The van der Waals surface area contributed by atoms with E-state index in [1.807, 2.05) is 55.5 Å². The number of aromatic nitrogens is 2. The van der Waals surface area contributed by atoms with E-state index < -0.39 is 22.9 Å². The Bertz CT molecular complexity index is 1490. The number of nitrogens with one attached hydrogen (secondary N) is 1. The van der Waals surface area contributed by atoms with E-state index in [1.165, 1.54) is 10.8 Å². The molecule has 38 heavy (non-hydrogen) atoms. The van der Waals surface area contributed by atoms with Gasteiger partial charge in [0.05, 0.1) is 25.1 Å². The van der Waals surface area contributed by atoms with E-state index in [9.17, 15) is 14.4 Å². The summed E-state index contributed by atoms with van der Waals surface area (Å²) in [6, 6.07) is 16.1. The molecule has 5 rings (SSSR count). The van der Waals surface area contributed by atoms with Crippen LogP contribution in [-0.2, 0) is 10.2 Å². The van der Waals surface area contributed by atoms with Gasteiger partial charge in [-0.05, 0) is 41.8 Å². The lowest BCUT2D eigenvalue weighted by Gasteiger charge is -2.32. The minimum Gasteiger partial charge on any atom is -0.378 e. The monoisotopic (exact) mass is 511 g/mol. The Balaban J connectivity index is 1.55. The first-order valence-electron chi connectivity index (χ1n) is 12.5. The van der Waals surface area contributed by atoms with Crippen molar-refractivity contribution in [1.82, 2.24) is 14.5 Å². The van der Waals surface area contributed by atoms with Crippen LogP contribution < -0.4 is 16.6 Å². The molecule has 0 saturated carbocycles. The van der Waals surface area contributed by atoms with Gasteiger partial charge in [-0.2, -0.15) is 0 Å². The lowest BCUT2D eigenvalue weighted by atomic mass is 9.77. The standard InChI is InChI=1S/C29H29N5O4/c1-29(12-10-20(11-13-29)21-6-5-7-22(18-21)26(30)36)25-27(32-23-8-3-2-4-9-23)34(24(35)19-31-25)28(37)33-14-16-38-17-15-33/h2-12,18-19,32H,13-17H2,1H3,(H2,30,36). The van der Waals surface area contributed by atoms with Crippen LogP contribution in [-0.4, -0.2) is 52.7 Å². The van der Waals surface area contributed by atoms with Crippen molar-refractivity contribution < 1.29 is 14.3 Å². The number of rotatable bonds is 5. The molecule has 2 aliphatic rings. The zero-order chi connectivity index (χ0) is 26.7. The smallest absolute Gasteiger partial charge is 0.333 e. The molecule has 1 aliphatic carbocycles. The van der Waals surface area contributed by atoms with E-state index in [-0.39, 0.29) is 0 Å². The summed E-state index contributed by atoms with van der Waals surface area (Å²) >= 11 is 0. The molecule has 0 spiro atoms. The summed E-state index contributed by atoms with van der Waals surface area (Å²) in [5, 5.41) is 3.30. The van der Waals surface area contributed by atoms with E-state index in [4.69, 9.17) is 10.5 Å². The van der Waals surface area contributed by atoms with Crippen molar-refractivity contribution in [3.63, 3.8) is 0 Å². The van der Waals surface area contributed by atoms with Crippen molar-refractivity contribution >= 4 is 29.0 Å². The Morgan fingerprint density at radius 3 is 2.53 bits per heavy atom. The van der Waals surface area contributed by atoms with Crippen LogP contribution in [0, 0.1) is 0 Å². The van der Waals surface area contributed by atoms with Crippen molar-refractivity contribution in [1.29, 1.82) is 0 Å². The van der Waals surface area contributed by atoms with Crippen molar-refractivity contribution in [2.24, 2.45) is 5.73 Å². The number of carbonyl (C=O) groups excluding carboxylic acids is 2. The van der Waals surface area contributed by atoms with Crippen LogP contribution in [0.3, 0.4) is 0 Å². The van der Waals surface area contributed by atoms with Gasteiger partial charge in [0.15, 0.2) is 0 Å². The summed E-state index contributed by atoms with van der Waals surface area (Å²) < 4.78 is 6.57. The fourth-order valence-corrected chi connectivity index (χ4v) is 4.71. The first-order chi connectivity index (χ1) is 18.4. The van der Waals surface area contributed by atoms with E-state index in [1.54, 1.807) is 23.1 Å². The summed E-state index contributed by atoms with van der Waals surface area (Å²) in [4.78, 5) is 44.5. The molecular formula is C29H29N5O4. The average molecular weight is 512 g/mol. The number of allylic oxidation sites excluding steroid dienone is 4. The zero-order valence-corrected chi connectivity index (χ0v) is 21.1. The third-order valence-corrected chi connectivity index (χ3v) is 6.88. The molecule has 2 amide bonds. The van der Waals surface area contributed by atoms with Crippen molar-refractivity contribution in [3.8, 4) is 0 Å². The maximum atomic E-state index is 13.6. The number of benzene rings is 2. The Hall–Kier alpha value is -4.50. The van der Waals surface area contributed by atoms with Crippen LogP contribution in [0.2, 0.25) is 0 Å². The van der Waals surface area contributed by atoms with Gasteiger partial charge in [-0.1, -0.05) is 55.5 Å². The van der Waals surface area contributed by atoms with Gasteiger partial charge in [0, 0.05) is 29.8 Å². The number of primary amides is 1. The average Bonchev–Trinajstić information content (AvgIpc) is 2.94. The van der Waals surface area contributed by atoms with Crippen molar-refractivity contribution in [3.05, 3.63) is 106 Å². The number of nitrogens with zero attached hydrogens (tertiary/aromatic N) is 3. The number of morpholine rings is 1. The molecule has 0 radical (unpaired) electrons. The molecular weight excluding hydrogens is 482 g/mol. The number of anilines is 2. The topological polar surface area (TPSA) is 120 Å². The molecule has 9 heteroatoms. The van der Waals surface area contributed by atoms with E-state index in [0.29, 0.717) is 49.8 Å². The first-order valence-corrected chi connectivity index (χ1v) is 12.5. The fourth-order valence-electron chi connectivity index (χ4n) is 4.71. The van der Waals surface area contributed by atoms with Crippen LogP contribution in [0.15, 0.2) is 83.8 Å². The number of para-hydroxylation sites is 1. The molecule has 2 aromatic carbocycles. The maximum absolute atomic E-state index is 13.6. The van der Waals surface area contributed by atoms with Crippen LogP contribution in [0.5, 0.6) is 0 Å². The molecule has 1 saturated heterocycles. The summed E-state index contributed by atoms with van der Waals surface area (Å²) in [6.45, 7) is 3.67. The normalized spacial score (nSPS) is 19.1. The number of hydrogen-bond donors (Lipinski definition) is 2. The van der Waals surface area contributed by atoms with Gasteiger partial charge in [0.1, 0.15) is 5.82 Å². The third-order valence-electron chi connectivity index (χ3n) is 6.88. The van der Waals surface area contributed by atoms with Gasteiger partial charge >= 0.3 is 6.03 Å². The van der Waals surface area contributed by atoms with Crippen LogP contribution >= 0.6 is 0 Å². The summed E-state index contributed by atoms with van der Waals surface area (Å²) in [5.41, 5.74) is 7.89. The van der Waals surface area contributed by atoms with Gasteiger partial charge in [-0.3, -0.25) is 14.6 Å². The number of carbonyl (C=O) groups is 2. The Morgan fingerprint density at radius 1 is 1.08 bits per heavy atom. The highest BCUT2D eigenvalue weighted by molar-refractivity contribution is 5.94. The molecule has 3 N–H and O–H groups in total. The Kier molecular flexibility index (Phi) is 6.93. The highest BCUT2D eigenvalue weighted by Crippen LogP contribution is 2.39. The minimum absolute atomic E-state index is 0.333. The molecule has 0 bridgehead atoms. The molecule has 2 heterocycles. The van der Waals surface area contributed by atoms with Gasteiger partial charge < -0.3 is 20.7 Å². The largest absolute Gasteiger partial charge is 0.378 e. The number of hydrogen-bond acceptors (Lipinski definition) is 6. The van der Waals surface area contributed by atoms with E-state index in [0.717, 1.165) is 16.8 Å². The molecule has 1 atom stereocenters. The van der Waals surface area contributed by atoms with Crippen LogP contribution in [0.25, 0.3) is 5.57 Å². The predicted molar refractivity (Wildman–Crippen MR) is 145 cm³/mol. The zero-order valence-electron chi connectivity index (χ0n) is 21.1. The lowest BCUT2D eigenvalue weighted by molar-refractivity contribution is 0.0534. The Morgan fingerprint density at radius 2 is 1.84 bits per heavy atom. The molecule has 3 aromatic rings. The van der Waals surface area contributed by atoms with Crippen molar-refractivity contribution in [2.75, 3.05) is 31.6 Å². The molecule has 1 aromatic heterocycles. The molecule has 1 unspecified atom stereocenters. The van der Waals surface area contributed by atoms with Crippen molar-refractivity contribution in [2.45, 2.75) is 18.8 Å². The third kappa shape index (κ3) is 5.01. The SMILES string of the molecule is CC1(c2ncc(=O)n(C(=O)N3CCOCC3)c2Nc2ccccc2)C=CC(c2cccc(C(N)=O)c2)=CC1. The van der Waals surface area contributed by atoms with Gasteiger partial charge in [0.2, 0.25) is 5.91 Å². The second kappa shape index (κ2) is 10.5. The quantitative estimate of drug-likeness (QED) is 0.539. The fraction of sp³-hybridized carbons (Fsp3) is 0.241. The number of nitrogens with two attached hydrogens (primary N) is 1. The molecule has 9 nitrogen and oxygen atoms in total. The summed E-state index contributed by atoms with van der Waals surface area (Å²) in [5.74, 6) is -0.148. The van der Waals surface area contributed by atoms with Gasteiger partial charge in [0.25, 0.3) is 5.56 Å². The van der Waals surface area contributed by atoms with E-state index >= 15 is 0 Å². The number of ether oxygens (including phenoxy) is 1. The molecule has 194 valence electrons. The second-order valence-corrected chi connectivity index (χ2v) is 9.56. The minimum atomic E-state index is -0.622.